The van der Waals surface area contributed by atoms with E-state index in [0.717, 1.165) is 0 Å². The first kappa shape index (κ1) is 11.1. The molecule has 6 heteroatoms. The number of benzene rings is 1. The molecule has 78 valence electrons. The minimum atomic E-state index is -1.26. The first-order valence-corrected chi connectivity index (χ1v) is 4.41. The standard InChI is InChI=1S/C9H9N3O2S/c10-9(15)12-11-5-6-3-1-2-4-7(6)8(13)14/h1-5H,(H,13,14)(H3,10,12,15)/p-1/b11-5+. The summed E-state index contributed by atoms with van der Waals surface area (Å²) < 4.78 is 0. The largest absolute Gasteiger partial charge is 0.545 e. The van der Waals surface area contributed by atoms with Crippen molar-refractivity contribution in [2.24, 2.45) is 10.8 Å². The minimum Gasteiger partial charge on any atom is -0.545 e. The number of carbonyl (C=O) groups excluding carboxylic acids is 1. The lowest BCUT2D eigenvalue weighted by Gasteiger charge is -2.05. The molecule has 0 atom stereocenters. The number of nitrogens with zero attached hydrogens (tertiary/aromatic N) is 1. The number of aromatic carboxylic acids is 1. The van der Waals surface area contributed by atoms with Gasteiger partial charge in [-0.05, 0) is 12.2 Å². The smallest absolute Gasteiger partial charge is 0.184 e. The van der Waals surface area contributed by atoms with Crippen LogP contribution in [0.5, 0.6) is 0 Å². The van der Waals surface area contributed by atoms with Gasteiger partial charge in [0.05, 0.1) is 12.2 Å². The first-order chi connectivity index (χ1) is 7.11. The Hall–Kier alpha value is -1.95. The lowest BCUT2D eigenvalue weighted by Crippen LogP contribution is -2.25. The van der Waals surface area contributed by atoms with Crippen LogP contribution < -0.4 is 16.3 Å². The molecule has 0 aliphatic rings. The fourth-order valence-corrected chi connectivity index (χ4v) is 1.01. The summed E-state index contributed by atoms with van der Waals surface area (Å²) in [5.41, 5.74) is 7.94. The van der Waals surface area contributed by atoms with Crippen LogP contribution in [0.1, 0.15) is 15.9 Å². The number of carbonyl (C=O) groups is 1. The Labute approximate surface area is 91.6 Å². The lowest BCUT2D eigenvalue weighted by atomic mass is 10.1. The maximum Gasteiger partial charge on any atom is 0.184 e. The van der Waals surface area contributed by atoms with E-state index in [4.69, 9.17) is 5.73 Å². The minimum absolute atomic E-state index is 0.0113. The topological polar surface area (TPSA) is 90.5 Å². The highest BCUT2D eigenvalue weighted by molar-refractivity contribution is 7.80. The molecule has 0 radical (unpaired) electrons. The summed E-state index contributed by atoms with van der Waals surface area (Å²) in [5, 5.41) is 14.3. The van der Waals surface area contributed by atoms with Gasteiger partial charge in [0.1, 0.15) is 0 Å². The lowest BCUT2D eigenvalue weighted by molar-refractivity contribution is -0.255. The van der Waals surface area contributed by atoms with Crippen molar-refractivity contribution in [2.75, 3.05) is 0 Å². The molecule has 0 saturated carbocycles. The van der Waals surface area contributed by atoms with Crippen LogP contribution in [0.25, 0.3) is 0 Å². The van der Waals surface area contributed by atoms with Crippen LogP contribution in [0.15, 0.2) is 29.4 Å². The number of hydrogen-bond donors (Lipinski definition) is 2. The molecule has 15 heavy (non-hydrogen) atoms. The molecular weight excluding hydrogens is 214 g/mol. The van der Waals surface area contributed by atoms with Crippen molar-refractivity contribution < 1.29 is 9.90 Å². The molecule has 0 spiro atoms. The van der Waals surface area contributed by atoms with E-state index < -0.39 is 5.97 Å². The van der Waals surface area contributed by atoms with Crippen LogP contribution in [0.4, 0.5) is 0 Å². The number of thiocarbonyl (C=S) groups is 1. The third kappa shape index (κ3) is 3.35. The van der Waals surface area contributed by atoms with E-state index in [2.05, 4.69) is 22.7 Å². The third-order valence-electron chi connectivity index (χ3n) is 1.56. The van der Waals surface area contributed by atoms with E-state index in [-0.39, 0.29) is 10.7 Å². The van der Waals surface area contributed by atoms with Gasteiger partial charge < -0.3 is 15.6 Å². The monoisotopic (exact) mass is 222 g/mol. The zero-order valence-electron chi connectivity index (χ0n) is 7.64. The zero-order valence-corrected chi connectivity index (χ0v) is 8.45. The summed E-state index contributed by atoms with van der Waals surface area (Å²) in [5.74, 6) is -1.26. The van der Waals surface area contributed by atoms with Gasteiger partial charge in [-0.1, -0.05) is 24.3 Å². The summed E-state index contributed by atoms with van der Waals surface area (Å²) in [6.07, 6.45) is 1.31. The number of nitrogens with one attached hydrogen (secondary N) is 1. The normalized spacial score (nSPS) is 10.1. The molecule has 0 fully saturated rings. The SMILES string of the molecule is NC(=S)N/N=C/c1ccccc1C(=O)[O-]. The van der Waals surface area contributed by atoms with E-state index in [1.165, 1.54) is 12.3 Å². The van der Waals surface area contributed by atoms with Crippen LogP contribution in [-0.2, 0) is 0 Å². The van der Waals surface area contributed by atoms with Gasteiger partial charge in [-0.25, -0.2) is 0 Å². The summed E-state index contributed by atoms with van der Waals surface area (Å²) >= 11 is 4.52. The molecule has 0 saturated heterocycles. The predicted octanol–water partition coefficient (Wildman–Crippen LogP) is -0.783. The van der Waals surface area contributed by atoms with Gasteiger partial charge in [0.2, 0.25) is 0 Å². The molecule has 5 nitrogen and oxygen atoms in total. The van der Waals surface area contributed by atoms with Crippen molar-refractivity contribution in [3.8, 4) is 0 Å². The van der Waals surface area contributed by atoms with E-state index in [1.807, 2.05) is 0 Å². The Morgan fingerprint density at radius 1 is 1.53 bits per heavy atom. The molecule has 0 bridgehead atoms. The van der Waals surface area contributed by atoms with Crippen LogP contribution in [-0.4, -0.2) is 17.3 Å². The second kappa shape index (κ2) is 5.06. The first-order valence-electron chi connectivity index (χ1n) is 4.00. The van der Waals surface area contributed by atoms with Gasteiger partial charge in [-0.15, -0.1) is 0 Å². The van der Waals surface area contributed by atoms with Crippen molar-refractivity contribution >= 4 is 29.5 Å². The zero-order chi connectivity index (χ0) is 11.3. The predicted molar refractivity (Wildman–Crippen MR) is 58.3 cm³/mol. The van der Waals surface area contributed by atoms with Crippen LogP contribution in [0, 0.1) is 0 Å². The van der Waals surface area contributed by atoms with E-state index in [1.54, 1.807) is 18.2 Å². The summed E-state index contributed by atoms with van der Waals surface area (Å²) in [6, 6.07) is 6.31. The third-order valence-corrected chi connectivity index (χ3v) is 1.65. The van der Waals surface area contributed by atoms with Gasteiger partial charge in [-0.3, -0.25) is 5.43 Å². The molecule has 0 aliphatic carbocycles. The van der Waals surface area contributed by atoms with Crippen LogP contribution in [0.3, 0.4) is 0 Å². The van der Waals surface area contributed by atoms with Crippen molar-refractivity contribution in [1.29, 1.82) is 0 Å². The highest BCUT2D eigenvalue weighted by Gasteiger charge is 1.98. The Balaban J connectivity index is 2.89. The highest BCUT2D eigenvalue weighted by Crippen LogP contribution is 2.04. The van der Waals surface area contributed by atoms with Crippen molar-refractivity contribution in [3.63, 3.8) is 0 Å². The Kier molecular flexibility index (Phi) is 3.75. The van der Waals surface area contributed by atoms with E-state index in [0.29, 0.717) is 5.56 Å². The average Bonchev–Trinajstić information content (AvgIpc) is 2.17. The molecule has 1 rings (SSSR count). The van der Waals surface area contributed by atoms with Gasteiger partial charge in [0.25, 0.3) is 0 Å². The Morgan fingerprint density at radius 3 is 2.80 bits per heavy atom. The molecule has 0 heterocycles. The molecule has 0 aromatic heterocycles. The number of hydrazone groups is 1. The van der Waals surface area contributed by atoms with Crippen molar-refractivity contribution in [1.82, 2.24) is 5.43 Å². The second-order valence-corrected chi connectivity index (χ2v) is 3.05. The highest BCUT2D eigenvalue weighted by atomic mass is 32.1. The molecule has 0 aliphatic heterocycles. The maximum atomic E-state index is 10.7. The van der Waals surface area contributed by atoms with Crippen LogP contribution in [0.2, 0.25) is 0 Å². The number of carboxylic acids is 1. The second-order valence-electron chi connectivity index (χ2n) is 2.61. The van der Waals surface area contributed by atoms with Crippen LogP contribution >= 0.6 is 12.2 Å². The number of carboxylic acid groups (broad SMARTS) is 1. The average molecular weight is 222 g/mol. The van der Waals surface area contributed by atoms with E-state index >= 15 is 0 Å². The Morgan fingerprint density at radius 2 is 2.20 bits per heavy atom. The van der Waals surface area contributed by atoms with Gasteiger partial charge in [0, 0.05) is 11.1 Å². The Bertz CT molecular complexity index is 418. The van der Waals surface area contributed by atoms with Gasteiger partial charge in [-0.2, -0.15) is 5.10 Å². The van der Waals surface area contributed by atoms with Gasteiger partial charge >= 0.3 is 0 Å². The molecule has 3 N–H and O–H groups in total. The number of hydrogen-bond acceptors (Lipinski definition) is 4. The fourth-order valence-electron chi connectivity index (χ4n) is 0.961. The summed E-state index contributed by atoms with van der Waals surface area (Å²) in [6.45, 7) is 0. The van der Waals surface area contributed by atoms with Gasteiger partial charge in [0.15, 0.2) is 5.11 Å². The molecular formula is C9H8N3O2S-. The van der Waals surface area contributed by atoms with Crippen molar-refractivity contribution in [3.05, 3.63) is 35.4 Å². The number of rotatable bonds is 3. The van der Waals surface area contributed by atoms with Crippen molar-refractivity contribution in [2.45, 2.75) is 0 Å². The molecule has 1 aromatic rings. The molecule has 0 unspecified atom stereocenters. The maximum absolute atomic E-state index is 10.7. The molecule has 1 aromatic carbocycles. The number of nitrogens with two attached hydrogens (primary N) is 1. The molecule has 0 amide bonds. The van der Waals surface area contributed by atoms with E-state index in [9.17, 15) is 9.90 Å². The fraction of sp³-hybridized carbons (Fsp3) is 0. The summed E-state index contributed by atoms with van der Waals surface area (Å²) in [7, 11) is 0. The summed E-state index contributed by atoms with van der Waals surface area (Å²) in [4.78, 5) is 10.7. The quantitative estimate of drug-likeness (QED) is 0.397.